The third kappa shape index (κ3) is 6.96. The molecule has 0 aliphatic carbocycles. The summed E-state index contributed by atoms with van der Waals surface area (Å²) < 4.78 is 5.17. The van der Waals surface area contributed by atoms with Crippen LogP contribution >= 0.6 is 11.6 Å². The van der Waals surface area contributed by atoms with Crippen LogP contribution in [0.3, 0.4) is 0 Å². The summed E-state index contributed by atoms with van der Waals surface area (Å²) in [5, 5.41) is 14.0. The maximum atomic E-state index is 12.0. The molecule has 2 amide bonds. The van der Waals surface area contributed by atoms with Crippen LogP contribution < -0.4 is 15.4 Å². The van der Waals surface area contributed by atoms with Crippen molar-refractivity contribution in [3.8, 4) is 5.88 Å². The second-order valence-electron chi connectivity index (χ2n) is 5.71. The number of nitrogens with one attached hydrogen (secondary N) is 2. The van der Waals surface area contributed by atoms with Crippen molar-refractivity contribution in [2.24, 2.45) is 5.92 Å². The Morgan fingerprint density at radius 2 is 2.04 bits per heavy atom. The van der Waals surface area contributed by atoms with Gasteiger partial charge in [-0.1, -0.05) is 25.4 Å². The predicted octanol–water partition coefficient (Wildman–Crippen LogP) is 1.48. The van der Waals surface area contributed by atoms with Gasteiger partial charge in [0.25, 0.3) is 5.91 Å². The van der Waals surface area contributed by atoms with Crippen molar-refractivity contribution in [1.82, 2.24) is 15.6 Å². The Morgan fingerprint density at radius 3 is 2.56 bits per heavy atom. The summed E-state index contributed by atoms with van der Waals surface area (Å²) in [6.45, 7) is 5.52. The third-order valence-corrected chi connectivity index (χ3v) is 3.37. The second kappa shape index (κ2) is 9.83. The first kappa shape index (κ1) is 20.7. The van der Waals surface area contributed by atoms with Crippen molar-refractivity contribution >= 4 is 29.4 Å². The Kier molecular flexibility index (Phi) is 8.13. The number of hydrogen-bond acceptors (Lipinski definition) is 5. The Hall–Kier alpha value is -2.35. The number of rotatable bonds is 9. The standard InChI is InChI=1S/C16H22ClN3O5/c1-4-25-15-11(17)6-10(7-19-15)14(22)18-8-13(21)20-12(16(23)24)5-9(2)3/h6-7,9,12H,4-5,8H2,1-3H3,(H,18,22)(H,20,21)(H,23,24)/t12-/m0/s1. The zero-order chi connectivity index (χ0) is 19.0. The highest BCUT2D eigenvalue weighted by atomic mass is 35.5. The molecule has 0 aromatic carbocycles. The quantitative estimate of drug-likeness (QED) is 0.605. The summed E-state index contributed by atoms with van der Waals surface area (Å²) in [6, 6.07) is 0.386. The van der Waals surface area contributed by atoms with Gasteiger partial charge in [0.2, 0.25) is 11.8 Å². The summed E-state index contributed by atoms with van der Waals surface area (Å²) >= 11 is 5.95. The fourth-order valence-electron chi connectivity index (χ4n) is 1.99. The monoisotopic (exact) mass is 371 g/mol. The van der Waals surface area contributed by atoms with Crippen LogP contribution in [0, 0.1) is 5.92 Å². The number of pyridine rings is 1. The van der Waals surface area contributed by atoms with Gasteiger partial charge < -0.3 is 20.5 Å². The first-order chi connectivity index (χ1) is 11.7. The highest BCUT2D eigenvalue weighted by molar-refractivity contribution is 6.32. The molecule has 9 heteroatoms. The van der Waals surface area contributed by atoms with Crippen LogP contribution in [0.4, 0.5) is 0 Å². The van der Waals surface area contributed by atoms with E-state index in [-0.39, 0.29) is 28.9 Å². The minimum absolute atomic E-state index is 0.105. The van der Waals surface area contributed by atoms with Gasteiger partial charge in [0, 0.05) is 6.20 Å². The molecule has 1 aromatic rings. The summed E-state index contributed by atoms with van der Waals surface area (Å²) in [4.78, 5) is 38.9. The molecule has 1 atom stereocenters. The molecule has 0 bridgehead atoms. The second-order valence-corrected chi connectivity index (χ2v) is 6.12. The fourth-order valence-corrected chi connectivity index (χ4v) is 2.21. The van der Waals surface area contributed by atoms with E-state index in [1.54, 1.807) is 6.92 Å². The largest absolute Gasteiger partial charge is 0.480 e. The number of aliphatic carboxylic acids is 1. The molecule has 1 heterocycles. The summed E-state index contributed by atoms with van der Waals surface area (Å²) in [6.07, 6.45) is 1.58. The summed E-state index contributed by atoms with van der Waals surface area (Å²) in [5.41, 5.74) is 0.165. The van der Waals surface area contributed by atoms with Crippen molar-refractivity contribution in [3.63, 3.8) is 0 Å². The van der Waals surface area contributed by atoms with E-state index < -0.39 is 23.8 Å². The van der Waals surface area contributed by atoms with Gasteiger partial charge in [-0.25, -0.2) is 9.78 Å². The molecule has 8 nitrogen and oxygen atoms in total. The lowest BCUT2D eigenvalue weighted by molar-refractivity contribution is -0.142. The van der Waals surface area contributed by atoms with Gasteiger partial charge in [-0.2, -0.15) is 0 Å². The van der Waals surface area contributed by atoms with Crippen molar-refractivity contribution in [3.05, 3.63) is 22.8 Å². The SMILES string of the molecule is CCOc1ncc(C(=O)NCC(=O)N[C@@H](CC(C)C)C(=O)O)cc1Cl. The number of aromatic nitrogens is 1. The molecule has 0 fully saturated rings. The van der Waals surface area contributed by atoms with E-state index in [4.69, 9.17) is 21.4 Å². The Morgan fingerprint density at radius 1 is 1.36 bits per heavy atom. The molecule has 25 heavy (non-hydrogen) atoms. The van der Waals surface area contributed by atoms with Crippen molar-refractivity contribution in [2.45, 2.75) is 33.2 Å². The molecular weight excluding hydrogens is 350 g/mol. The predicted molar refractivity (Wildman–Crippen MR) is 91.8 cm³/mol. The van der Waals surface area contributed by atoms with Crippen LogP contribution in [-0.4, -0.2) is 47.1 Å². The van der Waals surface area contributed by atoms with Crippen LogP contribution in [0.15, 0.2) is 12.3 Å². The molecule has 0 spiro atoms. The van der Waals surface area contributed by atoms with Crippen molar-refractivity contribution < 1.29 is 24.2 Å². The van der Waals surface area contributed by atoms with Crippen molar-refractivity contribution in [2.75, 3.05) is 13.2 Å². The molecule has 138 valence electrons. The number of carbonyl (C=O) groups is 3. The third-order valence-electron chi connectivity index (χ3n) is 3.10. The van der Waals surface area contributed by atoms with Gasteiger partial charge in [-0.15, -0.1) is 0 Å². The lowest BCUT2D eigenvalue weighted by Gasteiger charge is -2.16. The Balaban J connectivity index is 2.59. The van der Waals surface area contributed by atoms with E-state index in [0.717, 1.165) is 0 Å². The van der Waals surface area contributed by atoms with E-state index in [2.05, 4.69) is 15.6 Å². The highest BCUT2D eigenvalue weighted by Gasteiger charge is 2.21. The highest BCUT2D eigenvalue weighted by Crippen LogP contribution is 2.22. The first-order valence-electron chi connectivity index (χ1n) is 7.83. The number of amides is 2. The van der Waals surface area contributed by atoms with Gasteiger partial charge in [0.15, 0.2) is 0 Å². The van der Waals surface area contributed by atoms with E-state index in [9.17, 15) is 14.4 Å². The Labute approximate surface area is 150 Å². The number of carboxylic acid groups (broad SMARTS) is 1. The first-order valence-corrected chi connectivity index (χ1v) is 8.21. The average molecular weight is 372 g/mol. The number of ether oxygens (including phenoxy) is 1. The number of halogens is 1. The van der Waals surface area contributed by atoms with Crippen LogP contribution in [0.2, 0.25) is 5.02 Å². The zero-order valence-electron chi connectivity index (χ0n) is 14.3. The van der Waals surface area contributed by atoms with Crippen LogP contribution in [-0.2, 0) is 9.59 Å². The molecule has 0 aliphatic rings. The number of nitrogens with zero attached hydrogens (tertiary/aromatic N) is 1. The molecule has 3 N–H and O–H groups in total. The average Bonchev–Trinajstić information content (AvgIpc) is 2.53. The lowest BCUT2D eigenvalue weighted by atomic mass is 10.0. The van der Waals surface area contributed by atoms with E-state index in [0.29, 0.717) is 13.0 Å². The minimum atomic E-state index is -1.11. The van der Waals surface area contributed by atoms with E-state index in [1.165, 1.54) is 12.3 Å². The number of carbonyl (C=O) groups excluding carboxylic acids is 2. The van der Waals surface area contributed by atoms with Gasteiger partial charge >= 0.3 is 5.97 Å². The van der Waals surface area contributed by atoms with Gasteiger partial charge in [0.1, 0.15) is 11.1 Å². The lowest BCUT2D eigenvalue weighted by Crippen LogP contribution is -2.46. The smallest absolute Gasteiger partial charge is 0.326 e. The van der Waals surface area contributed by atoms with E-state index in [1.807, 2.05) is 13.8 Å². The van der Waals surface area contributed by atoms with Gasteiger partial charge in [0.05, 0.1) is 18.7 Å². The molecule has 1 rings (SSSR count). The number of hydrogen-bond donors (Lipinski definition) is 3. The topological polar surface area (TPSA) is 118 Å². The molecule has 0 aliphatic heterocycles. The van der Waals surface area contributed by atoms with Gasteiger partial charge in [-0.05, 0) is 25.3 Å². The minimum Gasteiger partial charge on any atom is -0.480 e. The molecule has 0 saturated heterocycles. The molecule has 0 radical (unpaired) electrons. The Bertz CT molecular complexity index is 636. The van der Waals surface area contributed by atoms with Crippen LogP contribution in [0.25, 0.3) is 0 Å². The molecule has 0 unspecified atom stereocenters. The maximum absolute atomic E-state index is 12.0. The van der Waals surface area contributed by atoms with Crippen LogP contribution in [0.5, 0.6) is 5.88 Å². The van der Waals surface area contributed by atoms with Gasteiger partial charge in [-0.3, -0.25) is 9.59 Å². The molecule has 1 aromatic heterocycles. The van der Waals surface area contributed by atoms with Crippen molar-refractivity contribution in [1.29, 1.82) is 0 Å². The molecule has 0 saturated carbocycles. The maximum Gasteiger partial charge on any atom is 0.326 e. The van der Waals surface area contributed by atoms with E-state index >= 15 is 0 Å². The zero-order valence-corrected chi connectivity index (χ0v) is 15.1. The summed E-state index contributed by atoms with van der Waals surface area (Å²) in [7, 11) is 0. The van der Waals surface area contributed by atoms with Crippen LogP contribution in [0.1, 0.15) is 37.6 Å². The summed E-state index contributed by atoms with van der Waals surface area (Å²) in [5.74, 6) is -1.94. The number of carboxylic acids is 1. The fraction of sp³-hybridized carbons (Fsp3) is 0.500. The molecular formula is C16H22ClN3O5. The normalized spacial score (nSPS) is 11.7.